The van der Waals surface area contributed by atoms with Gasteiger partial charge in [0.25, 0.3) is 11.8 Å². The first kappa shape index (κ1) is 36.1. The molecule has 0 aromatic heterocycles. The molecule has 10 heteroatoms. The number of aliphatic carboxylic acids is 1. The van der Waals surface area contributed by atoms with Crippen molar-refractivity contribution < 1.29 is 38.6 Å². The predicted octanol–water partition coefficient (Wildman–Crippen LogP) is 7.44. The summed E-state index contributed by atoms with van der Waals surface area (Å²) < 4.78 is 11.3. The van der Waals surface area contributed by atoms with Gasteiger partial charge in [0.1, 0.15) is 18.0 Å². The minimum atomic E-state index is -1.18. The first-order valence-electron chi connectivity index (χ1n) is 16.2. The summed E-state index contributed by atoms with van der Waals surface area (Å²) in [6.07, 6.45) is 5.73. The van der Waals surface area contributed by atoms with E-state index < -0.39 is 24.4 Å². The van der Waals surface area contributed by atoms with E-state index in [4.69, 9.17) is 9.47 Å². The fourth-order valence-corrected chi connectivity index (χ4v) is 4.93. The van der Waals surface area contributed by atoms with E-state index in [-0.39, 0.29) is 23.8 Å². The van der Waals surface area contributed by atoms with Gasteiger partial charge in [-0.25, -0.2) is 4.79 Å². The van der Waals surface area contributed by atoms with Crippen molar-refractivity contribution in [1.29, 1.82) is 0 Å². The van der Waals surface area contributed by atoms with Crippen LogP contribution < -0.4 is 14.8 Å². The number of nitrogens with zero attached hydrogens (tertiary/aromatic N) is 1. The molecular formula is C39H40N2O8. The van der Waals surface area contributed by atoms with E-state index in [2.05, 4.69) is 12.2 Å². The molecule has 254 valence electrons. The van der Waals surface area contributed by atoms with Crippen LogP contribution in [0.25, 0.3) is 0 Å². The minimum Gasteiger partial charge on any atom is -0.494 e. The van der Waals surface area contributed by atoms with Crippen molar-refractivity contribution in [2.24, 2.45) is 0 Å². The average molecular weight is 665 g/mol. The number of carboxylic acid groups (broad SMARTS) is 1. The van der Waals surface area contributed by atoms with Crippen LogP contribution in [0, 0.1) is 0 Å². The van der Waals surface area contributed by atoms with Crippen molar-refractivity contribution in [3.63, 3.8) is 0 Å². The largest absolute Gasteiger partial charge is 0.494 e. The summed E-state index contributed by atoms with van der Waals surface area (Å²) in [5.41, 5.74) is 2.53. The maximum atomic E-state index is 13.3. The Morgan fingerprint density at radius 1 is 0.673 bits per heavy atom. The SMILES string of the molecule is CCCCCCCOc1ccc(C(=O)Oc2ccc(CN(CC(=O)O)C(=O)c3ccc(NC(=O)c4ccc(C(C)=O)cc4)cc3)cc2)cc1. The summed E-state index contributed by atoms with van der Waals surface area (Å²) in [5, 5.41) is 12.2. The number of amides is 2. The Hall–Kier alpha value is -5.77. The summed E-state index contributed by atoms with van der Waals surface area (Å²) in [5.74, 6) is -1.73. The molecule has 4 aromatic rings. The van der Waals surface area contributed by atoms with Crippen LogP contribution in [-0.4, -0.2) is 52.7 Å². The number of esters is 1. The van der Waals surface area contributed by atoms with E-state index in [1.165, 1.54) is 43.2 Å². The van der Waals surface area contributed by atoms with E-state index in [0.717, 1.165) is 12.8 Å². The summed E-state index contributed by atoms with van der Waals surface area (Å²) in [7, 11) is 0. The van der Waals surface area contributed by atoms with E-state index >= 15 is 0 Å². The van der Waals surface area contributed by atoms with Gasteiger partial charge in [-0.1, -0.05) is 56.9 Å². The van der Waals surface area contributed by atoms with Crippen molar-refractivity contribution in [2.45, 2.75) is 52.5 Å². The van der Waals surface area contributed by atoms with Crippen molar-refractivity contribution in [1.82, 2.24) is 4.90 Å². The Balaban J connectivity index is 1.31. The number of benzene rings is 4. The molecule has 0 aliphatic rings. The number of rotatable bonds is 17. The van der Waals surface area contributed by atoms with Crippen molar-refractivity contribution in [2.75, 3.05) is 18.5 Å². The smallest absolute Gasteiger partial charge is 0.343 e. The predicted molar refractivity (Wildman–Crippen MR) is 185 cm³/mol. The molecule has 0 aliphatic heterocycles. The number of carbonyl (C=O) groups excluding carboxylic acids is 4. The van der Waals surface area contributed by atoms with Gasteiger partial charge in [0.05, 0.1) is 12.2 Å². The Morgan fingerprint density at radius 2 is 1.24 bits per heavy atom. The molecule has 0 aliphatic carbocycles. The molecule has 0 radical (unpaired) electrons. The van der Waals surface area contributed by atoms with E-state index in [9.17, 15) is 29.1 Å². The van der Waals surface area contributed by atoms with E-state index in [1.54, 1.807) is 84.9 Å². The number of anilines is 1. The number of carbonyl (C=O) groups is 5. The molecule has 0 spiro atoms. The van der Waals surface area contributed by atoms with Crippen LogP contribution in [0.2, 0.25) is 0 Å². The molecule has 10 nitrogen and oxygen atoms in total. The first-order valence-corrected chi connectivity index (χ1v) is 16.2. The molecule has 0 bridgehead atoms. The van der Waals surface area contributed by atoms with Gasteiger partial charge < -0.3 is 24.8 Å². The maximum Gasteiger partial charge on any atom is 0.343 e. The molecule has 0 unspecified atom stereocenters. The molecule has 0 fully saturated rings. The fraction of sp³-hybridized carbons (Fsp3) is 0.256. The fourth-order valence-electron chi connectivity index (χ4n) is 4.93. The molecular weight excluding hydrogens is 624 g/mol. The molecule has 49 heavy (non-hydrogen) atoms. The molecule has 4 rings (SSSR count). The first-order chi connectivity index (χ1) is 23.6. The zero-order chi connectivity index (χ0) is 35.2. The lowest BCUT2D eigenvalue weighted by atomic mass is 10.1. The summed E-state index contributed by atoms with van der Waals surface area (Å²) in [6, 6.07) is 25.6. The number of Topliss-reactive ketones (excluding diaryl/α,β-unsaturated/α-hetero) is 1. The number of unbranched alkanes of at least 4 members (excludes halogenated alkanes) is 4. The normalized spacial score (nSPS) is 10.6. The van der Waals surface area contributed by atoms with Crippen LogP contribution >= 0.6 is 0 Å². The zero-order valence-electron chi connectivity index (χ0n) is 27.6. The highest BCUT2D eigenvalue weighted by atomic mass is 16.5. The number of carboxylic acids is 1. The van der Waals surface area contributed by atoms with Crippen LogP contribution in [0.4, 0.5) is 5.69 Å². The van der Waals surface area contributed by atoms with Crippen molar-refractivity contribution in [3.05, 3.63) is 125 Å². The highest BCUT2D eigenvalue weighted by molar-refractivity contribution is 6.05. The number of ketones is 1. The second kappa shape index (κ2) is 18.0. The summed E-state index contributed by atoms with van der Waals surface area (Å²) in [6.45, 7) is 3.70. The second-order valence-electron chi connectivity index (χ2n) is 11.5. The second-order valence-corrected chi connectivity index (χ2v) is 11.5. The van der Waals surface area contributed by atoms with Crippen molar-refractivity contribution >= 4 is 35.2 Å². The molecule has 0 saturated heterocycles. The van der Waals surface area contributed by atoms with Crippen LogP contribution in [-0.2, 0) is 11.3 Å². The number of hydrogen-bond acceptors (Lipinski definition) is 7. The van der Waals surface area contributed by atoms with Crippen LogP contribution in [0.5, 0.6) is 11.5 Å². The molecule has 2 amide bonds. The van der Waals surface area contributed by atoms with E-state index in [1.807, 2.05) is 0 Å². The van der Waals surface area contributed by atoms with E-state index in [0.29, 0.717) is 46.0 Å². The zero-order valence-corrected chi connectivity index (χ0v) is 27.6. The Kier molecular flexibility index (Phi) is 13.2. The van der Waals surface area contributed by atoms with Gasteiger partial charge in [-0.2, -0.15) is 0 Å². The topological polar surface area (TPSA) is 139 Å². The Labute approximate surface area is 285 Å². The lowest BCUT2D eigenvalue weighted by Gasteiger charge is -2.21. The average Bonchev–Trinajstić information content (AvgIpc) is 3.10. The summed E-state index contributed by atoms with van der Waals surface area (Å²) in [4.78, 5) is 62.9. The lowest BCUT2D eigenvalue weighted by molar-refractivity contribution is -0.137. The van der Waals surface area contributed by atoms with Gasteiger partial charge in [0.15, 0.2) is 5.78 Å². The van der Waals surface area contributed by atoms with Crippen LogP contribution in [0.1, 0.15) is 92.9 Å². The third-order valence-electron chi connectivity index (χ3n) is 7.67. The Bertz CT molecular complexity index is 1730. The summed E-state index contributed by atoms with van der Waals surface area (Å²) >= 11 is 0. The van der Waals surface area contributed by atoms with Gasteiger partial charge in [-0.3, -0.25) is 19.2 Å². The van der Waals surface area contributed by atoms with Crippen LogP contribution in [0.3, 0.4) is 0 Å². The van der Waals surface area contributed by atoms with Gasteiger partial charge in [0.2, 0.25) is 0 Å². The highest BCUT2D eigenvalue weighted by Gasteiger charge is 2.20. The third-order valence-corrected chi connectivity index (χ3v) is 7.67. The lowest BCUT2D eigenvalue weighted by Crippen LogP contribution is -2.35. The quantitative estimate of drug-likeness (QED) is 0.0514. The molecule has 0 heterocycles. The van der Waals surface area contributed by atoms with Gasteiger partial charge in [0, 0.05) is 28.9 Å². The molecule has 0 atom stereocenters. The monoisotopic (exact) mass is 664 g/mol. The van der Waals surface area contributed by atoms with Gasteiger partial charge in [-0.15, -0.1) is 0 Å². The highest BCUT2D eigenvalue weighted by Crippen LogP contribution is 2.20. The van der Waals surface area contributed by atoms with Crippen molar-refractivity contribution in [3.8, 4) is 11.5 Å². The van der Waals surface area contributed by atoms with Gasteiger partial charge >= 0.3 is 11.9 Å². The van der Waals surface area contributed by atoms with Gasteiger partial charge in [-0.05, 0) is 91.7 Å². The third kappa shape index (κ3) is 11.2. The molecule has 0 saturated carbocycles. The number of hydrogen-bond donors (Lipinski definition) is 2. The van der Waals surface area contributed by atoms with Crippen LogP contribution in [0.15, 0.2) is 97.1 Å². The molecule has 2 N–H and O–H groups in total. The molecule has 4 aromatic carbocycles. The minimum absolute atomic E-state index is 0.00578. The number of nitrogens with one attached hydrogen (secondary N) is 1. The maximum absolute atomic E-state index is 13.3. The number of ether oxygens (including phenoxy) is 2. The standard InChI is InChI=1S/C39H40N2O8/c1-3-4-5-6-7-24-48-34-22-16-32(17-23-34)39(47)49-35-20-8-28(9-21-35)25-41(26-36(43)44)38(46)31-14-18-33(19-15-31)40-37(45)30-12-10-29(11-13-30)27(2)42/h8-23H,3-7,24-26H2,1-2H3,(H,40,45)(H,43,44). The Morgan fingerprint density at radius 3 is 1.86 bits per heavy atom.